The summed E-state index contributed by atoms with van der Waals surface area (Å²) in [6, 6.07) is 0. The summed E-state index contributed by atoms with van der Waals surface area (Å²) < 4.78 is 0. The van der Waals surface area contributed by atoms with Crippen molar-refractivity contribution in [1.29, 1.82) is 0 Å². The Hall–Kier alpha value is 1.46. The van der Waals surface area contributed by atoms with Crippen LogP contribution < -0.4 is 0 Å². The molecule has 0 saturated heterocycles. The van der Waals surface area contributed by atoms with Crippen LogP contribution in [-0.2, 0) is 20.8 Å². The van der Waals surface area contributed by atoms with Crippen LogP contribution in [0.3, 0.4) is 0 Å². The number of hydrogen-bond acceptors (Lipinski definition) is 0. The van der Waals surface area contributed by atoms with Gasteiger partial charge in [-0.25, -0.2) is 0 Å². The molecular formula is C18H32Cl2Zr. The zero-order valence-electron chi connectivity index (χ0n) is 13.5. The topological polar surface area (TPSA) is 0 Å². The number of fused-ring (bicyclic) bond motifs is 2. The maximum absolute atomic E-state index is 4.93. The molecule has 4 rings (SSSR count). The molecule has 0 bridgehead atoms. The number of halogens is 2. The summed E-state index contributed by atoms with van der Waals surface area (Å²) >= 11 is -0.826. The second kappa shape index (κ2) is 11.1. The van der Waals surface area contributed by atoms with Gasteiger partial charge in [-0.1, -0.05) is 89.9 Å². The quantitative estimate of drug-likeness (QED) is 0.392. The molecule has 4 unspecified atom stereocenters. The third kappa shape index (κ3) is 6.46. The van der Waals surface area contributed by atoms with Gasteiger partial charge in [-0.15, -0.1) is 0 Å². The van der Waals surface area contributed by atoms with E-state index in [2.05, 4.69) is 0 Å². The SMILES string of the molecule is C1CCC2CCCC2C1.C1CCC2CCCC2C1.[Cl][Zr][Cl]. The van der Waals surface area contributed by atoms with Crippen LogP contribution in [0.1, 0.15) is 89.9 Å². The zero-order chi connectivity index (χ0) is 14.9. The van der Waals surface area contributed by atoms with E-state index in [9.17, 15) is 0 Å². The molecule has 0 amide bonds. The predicted octanol–water partition coefficient (Wildman–Crippen LogP) is 7.33. The van der Waals surface area contributed by atoms with E-state index in [4.69, 9.17) is 17.0 Å². The molecule has 122 valence electrons. The van der Waals surface area contributed by atoms with Gasteiger partial charge in [-0.05, 0) is 23.7 Å². The van der Waals surface area contributed by atoms with E-state index in [0.717, 1.165) is 0 Å². The Morgan fingerprint density at radius 2 is 0.619 bits per heavy atom. The van der Waals surface area contributed by atoms with Gasteiger partial charge in [0.2, 0.25) is 0 Å². The standard InChI is InChI=1S/2C9H16.2ClH.Zr/c2*1-2-5-9-7-3-6-8(9)4-1;;;/h2*8-9H,1-7H2;2*1H;/q;;;;+2/p-2. The Morgan fingerprint density at radius 3 is 0.857 bits per heavy atom. The monoisotopic (exact) mass is 408 g/mol. The molecule has 4 aliphatic rings. The molecule has 3 heteroatoms. The van der Waals surface area contributed by atoms with Crippen molar-refractivity contribution in [3.63, 3.8) is 0 Å². The maximum atomic E-state index is 4.93. The first-order chi connectivity index (χ1) is 10.3. The Balaban J connectivity index is 0.000000130. The van der Waals surface area contributed by atoms with E-state index in [1.54, 1.807) is 51.4 Å². The first-order valence-corrected chi connectivity index (χ1v) is 15.6. The van der Waals surface area contributed by atoms with Crippen molar-refractivity contribution in [3.8, 4) is 0 Å². The summed E-state index contributed by atoms with van der Waals surface area (Å²) in [6.07, 6.45) is 21.7. The van der Waals surface area contributed by atoms with Crippen molar-refractivity contribution in [2.75, 3.05) is 0 Å². The molecule has 4 atom stereocenters. The first-order valence-electron chi connectivity index (χ1n) is 9.31. The first kappa shape index (κ1) is 18.8. The molecule has 0 aliphatic heterocycles. The Bertz CT molecular complexity index is 222. The van der Waals surface area contributed by atoms with E-state index < -0.39 is 20.8 Å². The third-order valence-corrected chi connectivity index (χ3v) is 6.43. The molecule has 4 fully saturated rings. The zero-order valence-corrected chi connectivity index (χ0v) is 17.4. The molecule has 0 radical (unpaired) electrons. The molecule has 0 N–H and O–H groups in total. The number of hydrogen-bond donors (Lipinski definition) is 0. The van der Waals surface area contributed by atoms with Crippen LogP contribution >= 0.6 is 17.0 Å². The minimum atomic E-state index is -0.826. The fourth-order valence-corrected chi connectivity index (χ4v) is 5.37. The van der Waals surface area contributed by atoms with Gasteiger partial charge in [-0.2, -0.15) is 0 Å². The van der Waals surface area contributed by atoms with Gasteiger partial charge >= 0.3 is 37.9 Å². The van der Waals surface area contributed by atoms with Crippen molar-refractivity contribution in [2.45, 2.75) is 89.9 Å². The fraction of sp³-hybridized carbons (Fsp3) is 1.00. The molecule has 0 aromatic carbocycles. The summed E-state index contributed by atoms with van der Waals surface area (Å²) in [5.74, 6) is 4.66. The van der Waals surface area contributed by atoms with Crippen molar-refractivity contribution < 1.29 is 20.8 Å². The predicted molar refractivity (Wildman–Crippen MR) is 90.3 cm³/mol. The van der Waals surface area contributed by atoms with E-state index in [1.807, 2.05) is 0 Å². The van der Waals surface area contributed by atoms with Gasteiger partial charge in [0, 0.05) is 0 Å². The summed E-state index contributed by atoms with van der Waals surface area (Å²) in [5.41, 5.74) is 0. The normalized spacial score (nSPS) is 37.2. The molecule has 0 aromatic rings. The van der Waals surface area contributed by atoms with Crippen LogP contribution in [0, 0.1) is 23.7 Å². The van der Waals surface area contributed by atoms with Crippen LogP contribution in [0.15, 0.2) is 0 Å². The van der Waals surface area contributed by atoms with Crippen LogP contribution in [-0.4, -0.2) is 0 Å². The van der Waals surface area contributed by atoms with Crippen molar-refractivity contribution in [3.05, 3.63) is 0 Å². The second-order valence-corrected chi connectivity index (χ2v) is 11.3. The van der Waals surface area contributed by atoms with Crippen LogP contribution in [0.5, 0.6) is 0 Å². The van der Waals surface area contributed by atoms with Gasteiger partial charge in [-0.3, -0.25) is 0 Å². The van der Waals surface area contributed by atoms with E-state index in [-0.39, 0.29) is 0 Å². The Morgan fingerprint density at radius 1 is 0.429 bits per heavy atom. The summed E-state index contributed by atoms with van der Waals surface area (Å²) in [4.78, 5) is 0. The van der Waals surface area contributed by atoms with Crippen LogP contribution in [0.2, 0.25) is 0 Å². The second-order valence-electron chi connectivity index (χ2n) is 7.54. The summed E-state index contributed by atoms with van der Waals surface area (Å²) in [6.45, 7) is 0. The van der Waals surface area contributed by atoms with Gasteiger partial charge in [0.15, 0.2) is 0 Å². The fourth-order valence-electron chi connectivity index (χ4n) is 5.37. The molecule has 4 saturated carbocycles. The molecular weight excluding hydrogens is 378 g/mol. The molecule has 4 aliphatic carbocycles. The Labute approximate surface area is 150 Å². The minimum absolute atomic E-state index is 0.826. The van der Waals surface area contributed by atoms with Gasteiger partial charge in [0.25, 0.3) is 0 Å². The molecule has 0 nitrogen and oxygen atoms in total. The summed E-state index contributed by atoms with van der Waals surface area (Å²) in [5, 5.41) is 0. The van der Waals surface area contributed by atoms with E-state index in [0.29, 0.717) is 0 Å². The van der Waals surface area contributed by atoms with E-state index >= 15 is 0 Å². The van der Waals surface area contributed by atoms with Crippen LogP contribution in [0.25, 0.3) is 0 Å². The average Bonchev–Trinajstić information content (AvgIpc) is 3.17. The van der Waals surface area contributed by atoms with Crippen LogP contribution in [0.4, 0.5) is 0 Å². The van der Waals surface area contributed by atoms with Crippen molar-refractivity contribution in [1.82, 2.24) is 0 Å². The van der Waals surface area contributed by atoms with Gasteiger partial charge < -0.3 is 0 Å². The van der Waals surface area contributed by atoms with Gasteiger partial charge in [0.05, 0.1) is 0 Å². The van der Waals surface area contributed by atoms with Gasteiger partial charge in [0.1, 0.15) is 0 Å². The van der Waals surface area contributed by atoms with E-state index in [1.165, 1.54) is 62.2 Å². The third-order valence-electron chi connectivity index (χ3n) is 6.43. The Kier molecular flexibility index (Phi) is 9.93. The molecule has 0 heterocycles. The number of rotatable bonds is 0. The van der Waals surface area contributed by atoms with Crippen molar-refractivity contribution in [2.24, 2.45) is 23.7 Å². The summed E-state index contributed by atoms with van der Waals surface area (Å²) in [7, 11) is 9.87. The average molecular weight is 411 g/mol. The molecule has 0 spiro atoms. The van der Waals surface area contributed by atoms with Crippen molar-refractivity contribution >= 4 is 17.0 Å². The molecule has 21 heavy (non-hydrogen) atoms. The molecule has 0 aromatic heterocycles.